The van der Waals surface area contributed by atoms with Crippen molar-refractivity contribution >= 4 is 40.9 Å². The highest BCUT2D eigenvalue weighted by molar-refractivity contribution is 7.98. The molecule has 3 atom stereocenters. The van der Waals surface area contributed by atoms with Crippen molar-refractivity contribution in [3.05, 3.63) is 35.8 Å². The zero-order valence-electron chi connectivity index (χ0n) is 26.3. The summed E-state index contributed by atoms with van der Waals surface area (Å²) in [5.74, 6) is 6.14. The van der Waals surface area contributed by atoms with Crippen LogP contribution in [-0.4, -0.2) is 110 Å². The van der Waals surface area contributed by atoms with E-state index in [4.69, 9.17) is 23.7 Å². The molecule has 0 radical (unpaired) electrons. The standard InChI is InChI=1S/C30H35F3N6O7S/c1-38(2)16-37-27-26-18(7-6-8-34-29(41)30(31,32)33)12-39(28(26)36-15-35-27)25-11-23(24(13-40)46-25)45-17-47-14-20-21(43-4)9-19(42-3)10-22(20)44-5/h9-10,12,15-16,23-25,40H,8,11,13-14,17H2,1-5H3,(H,34,41)/t23?,24-,25-/m1/s1. The van der Waals surface area contributed by atoms with Crippen molar-refractivity contribution in [2.45, 2.75) is 36.8 Å². The topological polar surface area (TPSA) is 142 Å². The van der Waals surface area contributed by atoms with Gasteiger partial charge in [0.1, 0.15) is 41.6 Å². The summed E-state index contributed by atoms with van der Waals surface area (Å²) in [5.41, 5.74) is 1.60. The van der Waals surface area contributed by atoms with Crippen molar-refractivity contribution in [2.24, 2.45) is 4.99 Å². The van der Waals surface area contributed by atoms with Crippen LogP contribution in [0, 0.1) is 11.8 Å². The number of aliphatic hydroxyl groups excluding tert-OH is 1. The lowest BCUT2D eigenvalue weighted by atomic mass is 10.2. The quantitative estimate of drug-likeness (QED) is 0.0904. The van der Waals surface area contributed by atoms with Gasteiger partial charge >= 0.3 is 12.1 Å². The number of carbonyl (C=O) groups excluding carboxylic acids is 1. The van der Waals surface area contributed by atoms with E-state index in [0.717, 1.165) is 5.56 Å². The molecule has 13 nitrogen and oxygen atoms in total. The van der Waals surface area contributed by atoms with Gasteiger partial charge in [0.2, 0.25) is 0 Å². The number of ether oxygens (including phenoxy) is 5. The molecule has 0 saturated carbocycles. The van der Waals surface area contributed by atoms with Gasteiger partial charge in [-0.05, 0) is 0 Å². The van der Waals surface area contributed by atoms with Crippen molar-refractivity contribution in [2.75, 3.05) is 54.5 Å². The number of fused-ring (bicyclic) bond motifs is 1. The monoisotopic (exact) mass is 680 g/mol. The molecule has 0 spiro atoms. The maximum atomic E-state index is 12.6. The number of hydrogen-bond donors (Lipinski definition) is 2. The first kappa shape index (κ1) is 35.6. The average Bonchev–Trinajstić information content (AvgIpc) is 3.64. The molecule has 0 aliphatic carbocycles. The number of nitrogens with zero attached hydrogens (tertiary/aromatic N) is 5. The van der Waals surface area contributed by atoms with Gasteiger partial charge in [0.15, 0.2) is 5.82 Å². The minimum absolute atomic E-state index is 0.272. The molecule has 1 aromatic carbocycles. The van der Waals surface area contributed by atoms with E-state index < -0.39 is 37.1 Å². The van der Waals surface area contributed by atoms with Crippen LogP contribution >= 0.6 is 11.8 Å². The number of benzene rings is 1. The largest absolute Gasteiger partial charge is 0.496 e. The van der Waals surface area contributed by atoms with Gasteiger partial charge in [0.05, 0.1) is 63.8 Å². The first-order chi connectivity index (χ1) is 22.5. The number of hydrogen-bond acceptors (Lipinski definition) is 11. The van der Waals surface area contributed by atoms with E-state index in [0.29, 0.717) is 46.0 Å². The van der Waals surface area contributed by atoms with Gasteiger partial charge in [-0.25, -0.2) is 15.0 Å². The van der Waals surface area contributed by atoms with Crippen LogP contribution in [0.15, 0.2) is 29.6 Å². The van der Waals surface area contributed by atoms with Crippen molar-refractivity contribution in [3.63, 3.8) is 0 Å². The van der Waals surface area contributed by atoms with Crippen molar-refractivity contribution in [1.29, 1.82) is 0 Å². The average molecular weight is 681 g/mol. The maximum Gasteiger partial charge on any atom is 0.471 e. The number of aromatic nitrogens is 3. The van der Waals surface area contributed by atoms with Crippen LogP contribution in [0.2, 0.25) is 0 Å². The van der Waals surface area contributed by atoms with Gasteiger partial charge in [-0.1, -0.05) is 11.8 Å². The predicted octanol–water partition coefficient (Wildman–Crippen LogP) is 3.26. The van der Waals surface area contributed by atoms with Crippen molar-refractivity contribution < 1.29 is 46.8 Å². The van der Waals surface area contributed by atoms with E-state index in [-0.39, 0.29) is 18.4 Å². The van der Waals surface area contributed by atoms with Gasteiger partial charge in [-0.2, -0.15) is 13.2 Å². The van der Waals surface area contributed by atoms with E-state index in [1.54, 1.807) is 68.5 Å². The van der Waals surface area contributed by atoms with Crippen LogP contribution in [0.3, 0.4) is 0 Å². The Hall–Kier alpha value is -4.24. The maximum absolute atomic E-state index is 12.6. The van der Waals surface area contributed by atoms with E-state index in [2.05, 4.69) is 26.8 Å². The summed E-state index contributed by atoms with van der Waals surface area (Å²) in [5, 5.41) is 12.3. The van der Waals surface area contributed by atoms with Crippen LogP contribution in [0.5, 0.6) is 17.2 Å². The minimum atomic E-state index is -5.02. The summed E-state index contributed by atoms with van der Waals surface area (Å²) in [7, 11) is 8.25. The normalized spacial score (nSPS) is 17.9. The molecule has 47 heavy (non-hydrogen) atoms. The van der Waals surface area contributed by atoms with Crippen LogP contribution in [0.4, 0.5) is 19.0 Å². The van der Waals surface area contributed by atoms with E-state index in [1.165, 1.54) is 24.4 Å². The molecule has 0 bridgehead atoms. The number of halogens is 3. The van der Waals surface area contributed by atoms with Gasteiger partial charge in [-0.3, -0.25) is 4.79 Å². The highest BCUT2D eigenvalue weighted by atomic mass is 32.2. The van der Waals surface area contributed by atoms with Gasteiger partial charge in [0.25, 0.3) is 0 Å². The highest BCUT2D eigenvalue weighted by Gasteiger charge is 2.39. The lowest BCUT2D eigenvalue weighted by molar-refractivity contribution is -0.173. The molecule has 2 aromatic heterocycles. The fraction of sp³-hybridized carbons (Fsp3) is 0.467. The number of nitrogens with one attached hydrogen (secondary N) is 1. The van der Waals surface area contributed by atoms with Crippen LogP contribution < -0.4 is 19.5 Å². The lowest BCUT2D eigenvalue weighted by Crippen LogP contribution is -2.36. The number of methoxy groups -OCH3 is 3. The zero-order chi connectivity index (χ0) is 34.1. The Morgan fingerprint density at radius 1 is 1.23 bits per heavy atom. The molecule has 1 aliphatic heterocycles. The fourth-order valence-electron chi connectivity index (χ4n) is 4.73. The second kappa shape index (κ2) is 16.0. The third-order valence-corrected chi connectivity index (χ3v) is 7.71. The summed E-state index contributed by atoms with van der Waals surface area (Å²) >= 11 is 1.48. The molecular formula is C30H35F3N6O7S. The highest BCUT2D eigenvalue weighted by Crippen LogP contribution is 2.39. The molecule has 1 fully saturated rings. The number of aliphatic imine (C=N–C) groups is 1. The first-order valence-corrected chi connectivity index (χ1v) is 15.3. The molecule has 17 heteroatoms. The predicted molar refractivity (Wildman–Crippen MR) is 168 cm³/mol. The SMILES string of the molecule is COc1cc(OC)c(CSCOC2C[C@H](n3cc(C#CCNC(=O)C(F)(F)F)c4c(N=CN(C)C)ncnc43)O[C@@H]2CO)c(OC)c1. The lowest BCUT2D eigenvalue weighted by Gasteiger charge is -2.17. The van der Waals surface area contributed by atoms with Crippen molar-refractivity contribution in [3.8, 4) is 29.1 Å². The number of thioether (sulfide) groups is 1. The molecule has 1 amide bonds. The second-order valence-corrected chi connectivity index (χ2v) is 11.2. The number of carbonyl (C=O) groups is 1. The summed E-state index contributed by atoms with van der Waals surface area (Å²) in [6, 6.07) is 3.55. The molecule has 4 rings (SSSR count). The summed E-state index contributed by atoms with van der Waals surface area (Å²) < 4.78 is 68.1. The Morgan fingerprint density at radius 3 is 2.57 bits per heavy atom. The van der Waals surface area contributed by atoms with Crippen molar-refractivity contribution in [1.82, 2.24) is 24.8 Å². The molecular weight excluding hydrogens is 645 g/mol. The summed E-state index contributed by atoms with van der Waals surface area (Å²) in [6.45, 7) is -0.840. The Labute approximate surface area is 273 Å². The molecule has 1 aliphatic rings. The number of amides is 1. The van der Waals surface area contributed by atoms with Crippen LogP contribution in [0.25, 0.3) is 11.0 Å². The van der Waals surface area contributed by atoms with Crippen LogP contribution in [-0.2, 0) is 20.0 Å². The Bertz CT molecular complexity index is 1610. The molecule has 2 N–H and O–H groups in total. The number of alkyl halides is 3. The second-order valence-electron chi connectivity index (χ2n) is 10.3. The first-order valence-electron chi connectivity index (χ1n) is 14.1. The fourth-order valence-corrected chi connectivity index (χ4v) is 5.57. The van der Waals surface area contributed by atoms with Gasteiger partial charge in [-0.15, -0.1) is 11.8 Å². The third kappa shape index (κ3) is 8.77. The Balaban J connectivity index is 1.53. The molecule has 1 saturated heterocycles. The van der Waals surface area contributed by atoms with E-state index >= 15 is 0 Å². The van der Waals surface area contributed by atoms with E-state index in [1.807, 2.05) is 0 Å². The minimum Gasteiger partial charge on any atom is -0.496 e. The Kier molecular flexibility index (Phi) is 12.2. The Morgan fingerprint density at radius 2 is 1.96 bits per heavy atom. The van der Waals surface area contributed by atoms with Gasteiger partial charge < -0.3 is 43.6 Å². The molecule has 1 unspecified atom stereocenters. The molecule has 254 valence electrons. The van der Waals surface area contributed by atoms with Gasteiger partial charge in [0, 0.05) is 50.2 Å². The smallest absolute Gasteiger partial charge is 0.471 e. The van der Waals surface area contributed by atoms with Crippen LogP contribution in [0.1, 0.15) is 23.8 Å². The summed E-state index contributed by atoms with van der Waals surface area (Å²) in [6.07, 6.45) is -1.94. The molecule has 3 heterocycles. The van der Waals surface area contributed by atoms with E-state index in [9.17, 15) is 23.1 Å². The number of aliphatic hydroxyl groups is 1. The molecule has 3 aromatic rings. The third-order valence-electron chi connectivity index (χ3n) is 6.92. The summed E-state index contributed by atoms with van der Waals surface area (Å²) in [4.78, 5) is 26.0. The zero-order valence-corrected chi connectivity index (χ0v) is 27.1. The number of rotatable bonds is 13.